The first-order valence-electron chi connectivity index (χ1n) is 13.0. The molecule has 9 nitrogen and oxygen atoms in total. The maximum atomic E-state index is 13.5. The van der Waals surface area contributed by atoms with Gasteiger partial charge in [0, 0.05) is 6.54 Å². The molecular formula is C27H41BN4O5. The second-order valence-corrected chi connectivity index (χ2v) is 10.8. The number of hydrogen-bond acceptors (Lipinski definition) is 6. The Morgan fingerprint density at radius 1 is 1.11 bits per heavy atom. The molecule has 202 valence electrons. The molecule has 1 saturated heterocycles. The zero-order chi connectivity index (χ0) is 27.5. The molecule has 1 fully saturated rings. The van der Waals surface area contributed by atoms with Gasteiger partial charge in [0.2, 0.25) is 5.91 Å². The van der Waals surface area contributed by atoms with Crippen molar-refractivity contribution in [3.8, 4) is 11.3 Å². The van der Waals surface area contributed by atoms with Crippen LogP contribution in [0.5, 0.6) is 0 Å². The average molecular weight is 512 g/mol. The summed E-state index contributed by atoms with van der Waals surface area (Å²) in [6.45, 7) is 16.4. The van der Waals surface area contributed by atoms with Crippen molar-refractivity contribution in [3.05, 3.63) is 36.3 Å². The number of aromatic amines is 1. The number of imidazole rings is 1. The lowest BCUT2D eigenvalue weighted by atomic mass is 9.79. The molecule has 1 aromatic carbocycles. The maximum absolute atomic E-state index is 13.5. The lowest BCUT2D eigenvalue weighted by Crippen LogP contribution is -2.52. The number of likely N-dealkylation sites (N-methyl/N-ethyl adjacent to an activating group) is 1. The van der Waals surface area contributed by atoms with Gasteiger partial charge in [-0.3, -0.25) is 4.79 Å². The molecule has 2 heterocycles. The summed E-state index contributed by atoms with van der Waals surface area (Å²) in [5, 5.41) is 2.68. The lowest BCUT2D eigenvalue weighted by molar-refractivity contribution is -0.137. The van der Waals surface area contributed by atoms with Gasteiger partial charge in [0.1, 0.15) is 11.9 Å². The molecule has 1 aliphatic rings. The molecule has 10 heteroatoms. The van der Waals surface area contributed by atoms with E-state index in [0.717, 1.165) is 16.7 Å². The number of benzene rings is 1. The van der Waals surface area contributed by atoms with Crippen molar-refractivity contribution in [2.75, 3.05) is 13.7 Å². The monoisotopic (exact) mass is 512 g/mol. The number of nitrogens with zero attached hydrogens (tertiary/aromatic N) is 2. The molecule has 1 aliphatic heterocycles. The van der Waals surface area contributed by atoms with Crippen LogP contribution in [-0.2, 0) is 18.8 Å². The molecule has 2 N–H and O–H groups in total. The van der Waals surface area contributed by atoms with E-state index in [9.17, 15) is 9.59 Å². The second kappa shape index (κ2) is 11.3. The van der Waals surface area contributed by atoms with E-state index >= 15 is 0 Å². The first kappa shape index (κ1) is 28.7. The van der Waals surface area contributed by atoms with Crippen LogP contribution in [0, 0.1) is 5.92 Å². The third-order valence-corrected chi connectivity index (χ3v) is 7.44. The van der Waals surface area contributed by atoms with Crippen LogP contribution < -0.4 is 10.8 Å². The molecule has 2 aromatic rings. The third-order valence-electron chi connectivity index (χ3n) is 7.44. The van der Waals surface area contributed by atoms with Crippen LogP contribution in [0.4, 0.5) is 4.79 Å². The predicted molar refractivity (Wildman–Crippen MR) is 144 cm³/mol. The van der Waals surface area contributed by atoms with E-state index in [2.05, 4.69) is 15.3 Å². The predicted octanol–water partition coefficient (Wildman–Crippen LogP) is 4.06. The van der Waals surface area contributed by atoms with Crippen molar-refractivity contribution in [1.82, 2.24) is 20.2 Å². The Balaban J connectivity index is 1.79. The van der Waals surface area contributed by atoms with E-state index in [4.69, 9.17) is 14.0 Å². The van der Waals surface area contributed by atoms with Gasteiger partial charge in [-0.05, 0) is 58.0 Å². The number of H-pyrrole nitrogens is 1. The van der Waals surface area contributed by atoms with Gasteiger partial charge in [0.15, 0.2) is 0 Å². The Hall–Kier alpha value is -2.85. The minimum Gasteiger partial charge on any atom is -0.453 e. The van der Waals surface area contributed by atoms with Gasteiger partial charge in [0.25, 0.3) is 0 Å². The number of rotatable bonds is 9. The molecule has 0 aliphatic carbocycles. The molecular weight excluding hydrogens is 471 g/mol. The minimum atomic E-state index is -0.696. The Morgan fingerprint density at radius 3 is 2.19 bits per heavy atom. The van der Waals surface area contributed by atoms with Crippen LogP contribution in [0.3, 0.4) is 0 Å². The van der Waals surface area contributed by atoms with Gasteiger partial charge in [-0.25, -0.2) is 9.78 Å². The number of carbonyl (C=O) groups excluding carboxylic acids is 2. The molecule has 1 aromatic heterocycles. The SMILES string of the molecule is CC[C@H](c1ncc(-c2ccc(B3OC(C)(C)C(C)(C)O3)cc2)[nH]1)N(CC)C(=O)[C@@H](NC(=O)OC)C(C)C. The van der Waals surface area contributed by atoms with Crippen LogP contribution in [0.1, 0.15) is 73.7 Å². The highest BCUT2D eigenvalue weighted by Gasteiger charge is 2.51. The number of ether oxygens (including phenoxy) is 1. The van der Waals surface area contributed by atoms with Gasteiger partial charge >= 0.3 is 13.2 Å². The van der Waals surface area contributed by atoms with E-state index in [-0.39, 0.29) is 17.9 Å². The van der Waals surface area contributed by atoms with Crippen LogP contribution in [0.25, 0.3) is 11.3 Å². The number of methoxy groups -OCH3 is 1. The first-order chi connectivity index (χ1) is 17.3. The molecule has 0 unspecified atom stereocenters. The van der Waals surface area contributed by atoms with Crippen molar-refractivity contribution in [3.63, 3.8) is 0 Å². The molecule has 0 spiro atoms. The van der Waals surface area contributed by atoms with Crippen LogP contribution in [-0.4, -0.2) is 64.9 Å². The highest BCUT2D eigenvalue weighted by molar-refractivity contribution is 6.62. The van der Waals surface area contributed by atoms with Crippen LogP contribution in [0.2, 0.25) is 0 Å². The fourth-order valence-electron chi connectivity index (χ4n) is 4.42. The Kier molecular flexibility index (Phi) is 8.75. The normalized spacial score (nSPS) is 17.9. The summed E-state index contributed by atoms with van der Waals surface area (Å²) >= 11 is 0. The summed E-state index contributed by atoms with van der Waals surface area (Å²) < 4.78 is 17.0. The summed E-state index contributed by atoms with van der Waals surface area (Å²) in [7, 11) is 0.869. The Morgan fingerprint density at radius 2 is 1.70 bits per heavy atom. The molecule has 0 radical (unpaired) electrons. The largest absolute Gasteiger partial charge is 0.494 e. The summed E-state index contributed by atoms with van der Waals surface area (Å²) in [5.74, 6) is 0.426. The van der Waals surface area contributed by atoms with Crippen molar-refractivity contribution >= 4 is 24.6 Å². The van der Waals surface area contributed by atoms with E-state index in [1.165, 1.54) is 7.11 Å². The fourth-order valence-corrected chi connectivity index (χ4v) is 4.42. The second-order valence-electron chi connectivity index (χ2n) is 10.8. The number of alkyl carbamates (subject to hydrolysis) is 1. The van der Waals surface area contributed by atoms with Gasteiger partial charge in [-0.1, -0.05) is 45.0 Å². The van der Waals surface area contributed by atoms with E-state index in [1.54, 1.807) is 11.1 Å². The standard InChI is InChI=1S/C27H41BN4O5/c1-10-21(32(11-2)24(33)22(17(3)4)31-25(34)35-9)23-29-16-20(30-23)18-12-14-19(15-13-18)28-36-26(5,6)27(7,8)37-28/h12-17,21-22H,10-11H2,1-9H3,(H,29,30)(H,31,34)/t21-,22+/m1/s1. The smallest absolute Gasteiger partial charge is 0.453 e. The lowest BCUT2D eigenvalue weighted by Gasteiger charge is -2.33. The topological polar surface area (TPSA) is 106 Å². The summed E-state index contributed by atoms with van der Waals surface area (Å²) in [5.41, 5.74) is 1.98. The van der Waals surface area contributed by atoms with Crippen LogP contribution in [0.15, 0.2) is 30.5 Å². The fraction of sp³-hybridized carbons (Fsp3) is 0.593. The number of nitrogens with one attached hydrogen (secondary N) is 2. The van der Waals surface area contributed by atoms with Gasteiger partial charge in [0.05, 0.1) is 36.2 Å². The van der Waals surface area contributed by atoms with Gasteiger partial charge < -0.3 is 29.2 Å². The quantitative estimate of drug-likeness (QED) is 0.491. The highest BCUT2D eigenvalue weighted by Crippen LogP contribution is 2.36. The summed E-state index contributed by atoms with van der Waals surface area (Å²) in [6, 6.07) is 7.06. The summed E-state index contributed by atoms with van der Waals surface area (Å²) in [4.78, 5) is 35.1. The number of amides is 2. The van der Waals surface area contributed by atoms with Gasteiger partial charge in [-0.15, -0.1) is 0 Å². The maximum Gasteiger partial charge on any atom is 0.494 e. The number of carbonyl (C=O) groups is 2. The highest BCUT2D eigenvalue weighted by atomic mass is 16.7. The number of aromatic nitrogens is 2. The average Bonchev–Trinajstić information content (AvgIpc) is 3.41. The van der Waals surface area contributed by atoms with E-state index < -0.39 is 30.5 Å². The third kappa shape index (κ3) is 6.01. The zero-order valence-electron chi connectivity index (χ0n) is 23.5. The molecule has 2 amide bonds. The van der Waals surface area contributed by atoms with Crippen molar-refractivity contribution < 1.29 is 23.6 Å². The molecule has 2 atom stereocenters. The van der Waals surface area contributed by atoms with Crippen molar-refractivity contribution in [2.24, 2.45) is 5.92 Å². The van der Waals surface area contributed by atoms with E-state index in [0.29, 0.717) is 18.8 Å². The first-order valence-corrected chi connectivity index (χ1v) is 13.0. The van der Waals surface area contributed by atoms with Crippen molar-refractivity contribution in [2.45, 2.75) is 85.1 Å². The Bertz CT molecular complexity index is 1070. The van der Waals surface area contributed by atoms with Crippen LogP contribution >= 0.6 is 0 Å². The van der Waals surface area contributed by atoms with Crippen molar-refractivity contribution in [1.29, 1.82) is 0 Å². The molecule has 0 bridgehead atoms. The Labute approximate surface area is 220 Å². The van der Waals surface area contributed by atoms with E-state index in [1.807, 2.05) is 79.7 Å². The van der Waals surface area contributed by atoms with Gasteiger partial charge in [-0.2, -0.15) is 0 Å². The minimum absolute atomic E-state index is 0.104. The summed E-state index contributed by atoms with van der Waals surface area (Å²) in [6.07, 6.45) is 1.82. The zero-order valence-corrected chi connectivity index (χ0v) is 23.5. The molecule has 0 saturated carbocycles. The molecule has 37 heavy (non-hydrogen) atoms. The molecule has 3 rings (SSSR count). The number of hydrogen-bond donors (Lipinski definition) is 2.